The number of aryl methyl sites for hydroxylation is 1. The van der Waals surface area contributed by atoms with Gasteiger partial charge in [-0.2, -0.15) is 0 Å². The van der Waals surface area contributed by atoms with E-state index in [0.29, 0.717) is 0 Å². The second-order valence-electron chi connectivity index (χ2n) is 5.78. The monoisotopic (exact) mass is 340 g/mol. The minimum Gasteiger partial charge on any atom is -0.394 e. The Morgan fingerprint density at radius 2 is 2.04 bits per heavy atom. The number of aromatic nitrogens is 2. The van der Waals surface area contributed by atoms with Crippen LogP contribution in [0.3, 0.4) is 0 Å². The number of imidazole rings is 1. The van der Waals surface area contributed by atoms with Gasteiger partial charge >= 0.3 is 0 Å². The molecular formula is C21H32N4. The molecule has 0 bridgehead atoms. The molecule has 1 rings (SSSR count). The molecule has 0 atom stereocenters. The lowest BCUT2D eigenvalue weighted by Crippen LogP contribution is -2.15. The molecule has 0 aliphatic rings. The first-order valence-electron chi connectivity index (χ1n) is 8.94. The first-order chi connectivity index (χ1) is 12.2. The maximum Gasteiger partial charge on any atom is 0.0945 e. The number of nitrogens with zero attached hydrogens (tertiary/aromatic N) is 2. The second-order valence-corrected chi connectivity index (χ2v) is 5.78. The Morgan fingerprint density at radius 1 is 1.20 bits per heavy atom. The van der Waals surface area contributed by atoms with Gasteiger partial charge in [-0.05, 0) is 50.6 Å². The second kappa shape index (κ2) is 12.9. The Kier molecular flexibility index (Phi) is 10.6. The molecule has 2 N–H and O–H groups in total. The molecule has 0 aliphatic heterocycles. The van der Waals surface area contributed by atoms with Gasteiger partial charge in [-0.25, -0.2) is 4.98 Å². The van der Waals surface area contributed by atoms with Crippen LogP contribution in [0.25, 0.3) is 0 Å². The van der Waals surface area contributed by atoms with E-state index in [0.717, 1.165) is 25.9 Å². The van der Waals surface area contributed by atoms with Crippen molar-refractivity contribution in [3.8, 4) is 0 Å². The van der Waals surface area contributed by atoms with Crippen LogP contribution >= 0.6 is 0 Å². The first-order valence-corrected chi connectivity index (χ1v) is 8.94. The van der Waals surface area contributed by atoms with Crippen LogP contribution < -0.4 is 10.6 Å². The predicted octanol–water partition coefficient (Wildman–Crippen LogP) is 4.34. The molecule has 0 amide bonds. The maximum atomic E-state index is 4.06. The fourth-order valence-corrected chi connectivity index (χ4v) is 2.17. The molecule has 4 heteroatoms. The number of hydrogen-bond donors (Lipinski definition) is 2. The lowest BCUT2D eigenvalue weighted by Gasteiger charge is -2.08. The summed E-state index contributed by atoms with van der Waals surface area (Å²) in [6.07, 6.45) is 22.4. The fourth-order valence-electron chi connectivity index (χ4n) is 2.17. The van der Waals surface area contributed by atoms with Gasteiger partial charge in [0.2, 0.25) is 0 Å². The predicted molar refractivity (Wildman–Crippen MR) is 108 cm³/mol. The highest BCUT2D eigenvalue weighted by Crippen LogP contribution is 2.05. The van der Waals surface area contributed by atoms with Gasteiger partial charge in [0.15, 0.2) is 0 Å². The van der Waals surface area contributed by atoms with Crippen LogP contribution in [0.1, 0.15) is 33.6 Å². The molecule has 25 heavy (non-hydrogen) atoms. The Labute approximate surface area is 152 Å². The number of allylic oxidation sites excluding steroid dienone is 9. The molecule has 136 valence electrons. The van der Waals surface area contributed by atoms with Gasteiger partial charge in [-0.1, -0.05) is 36.8 Å². The molecule has 0 aromatic carbocycles. The van der Waals surface area contributed by atoms with Crippen molar-refractivity contribution < 1.29 is 0 Å². The summed E-state index contributed by atoms with van der Waals surface area (Å²) in [4.78, 5) is 4.06. The minimum absolute atomic E-state index is 0.970. The third-order valence-corrected chi connectivity index (χ3v) is 3.75. The molecule has 0 spiro atoms. The van der Waals surface area contributed by atoms with E-state index < -0.39 is 0 Å². The van der Waals surface area contributed by atoms with Crippen LogP contribution in [0.2, 0.25) is 0 Å². The average Bonchev–Trinajstić information content (AvgIpc) is 3.14. The summed E-state index contributed by atoms with van der Waals surface area (Å²) >= 11 is 0. The van der Waals surface area contributed by atoms with E-state index in [4.69, 9.17) is 0 Å². The normalized spacial score (nSPS) is 13.8. The zero-order valence-corrected chi connectivity index (χ0v) is 16.0. The molecule has 0 fully saturated rings. The van der Waals surface area contributed by atoms with E-state index in [1.54, 1.807) is 0 Å². The minimum atomic E-state index is 0.970. The Bertz CT molecular complexity index is 616. The van der Waals surface area contributed by atoms with Gasteiger partial charge in [-0.3, -0.25) is 0 Å². The smallest absolute Gasteiger partial charge is 0.0945 e. The summed E-state index contributed by atoms with van der Waals surface area (Å²) in [5, 5.41) is 6.53. The van der Waals surface area contributed by atoms with Crippen molar-refractivity contribution in [2.24, 2.45) is 0 Å². The van der Waals surface area contributed by atoms with Gasteiger partial charge < -0.3 is 15.2 Å². The largest absolute Gasteiger partial charge is 0.394 e. The van der Waals surface area contributed by atoms with E-state index in [9.17, 15) is 0 Å². The molecule has 1 aromatic rings. The summed E-state index contributed by atoms with van der Waals surface area (Å²) in [5.74, 6) is 0. The van der Waals surface area contributed by atoms with Crippen molar-refractivity contribution in [2.45, 2.75) is 40.2 Å². The summed E-state index contributed by atoms with van der Waals surface area (Å²) < 4.78 is 2.10. The third kappa shape index (κ3) is 9.40. The molecule has 1 heterocycles. The van der Waals surface area contributed by atoms with Crippen LogP contribution in [0.15, 0.2) is 78.2 Å². The van der Waals surface area contributed by atoms with Gasteiger partial charge in [0.1, 0.15) is 0 Å². The number of hydrogen-bond acceptors (Lipinski definition) is 3. The Hall–Kier alpha value is -2.49. The molecule has 1 aromatic heterocycles. The van der Waals surface area contributed by atoms with Gasteiger partial charge in [0.25, 0.3) is 0 Å². The lowest BCUT2D eigenvalue weighted by molar-refractivity contribution is 0.608. The van der Waals surface area contributed by atoms with E-state index in [1.165, 1.54) is 16.8 Å². The topological polar surface area (TPSA) is 41.9 Å². The van der Waals surface area contributed by atoms with Crippen molar-refractivity contribution in [1.29, 1.82) is 0 Å². The molecule has 0 saturated carbocycles. The average molecular weight is 341 g/mol. The van der Waals surface area contributed by atoms with Crippen LogP contribution in [0, 0.1) is 0 Å². The zero-order valence-electron chi connectivity index (χ0n) is 16.0. The van der Waals surface area contributed by atoms with E-state index >= 15 is 0 Å². The number of rotatable bonds is 11. The van der Waals surface area contributed by atoms with Crippen molar-refractivity contribution in [2.75, 3.05) is 13.6 Å². The van der Waals surface area contributed by atoms with Gasteiger partial charge in [0, 0.05) is 38.2 Å². The van der Waals surface area contributed by atoms with Crippen molar-refractivity contribution >= 4 is 0 Å². The standard InChI is InChI=1S/C21H32N4/c1-5-20(12-14-22-4)10-8-19(3)9-11-21(6-2)24-13-7-16-25-17-15-23-18-25/h5,8-12,14-15,17-18,22,24H,6-7,13,16H2,1-4H3/b10-8+,14-12-,19-9+,20-5-,21-11+. The SMILES string of the molecule is C/C=C(\C=C/NC)/C=C/C(C)=C/C=C(\CC)NCCCn1ccnc1. The zero-order chi connectivity index (χ0) is 18.3. The quantitative estimate of drug-likeness (QED) is 0.465. The van der Waals surface area contributed by atoms with Crippen LogP contribution in [0.5, 0.6) is 0 Å². The molecular weight excluding hydrogens is 308 g/mol. The summed E-state index contributed by atoms with van der Waals surface area (Å²) in [7, 11) is 1.90. The Morgan fingerprint density at radius 3 is 2.68 bits per heavy atom. The highest BCUT2D eigenvalue weighted by Gasteiger charge is 1.94. The molecule has 0 unspecified atom stereocenters. The maximum absolute atomic E-state index is 4.06. The molecule has 4 nitrogen and oxygen atoms in total. The highest BCUT2D eigenvalue weighted by atomic mass is 15.0. The van der Waals surface area contributed by atoms with Crippen molar-refractivity contribution in [1.82, 2.24) is 20.2 Å². The highest BCUT2D eigenvalue weighted by molar-refractivity contribution is 5.35. The fraction of sp³-hybridized carbons (Fsp3) is 0.381. The summed E-state index contributed by atoms with van der Waals surface area (Å²) in [5.41, 5.74) is 3.67. The first kappa shape index (κ1) is 20.6. The van der Waals surface area contributed by atoms with Crippen LogP contribution in [-0.4, -0.2) is 23.1 Å². The molecule has 0 saturated heterocycles. The van der Waals surface area contributed by atoms with Crippen molar-refractivity contribution in [3.05, 3.63) is 78.2 Å². The van der Waals surface area contributed by atoms with Gasteiger partial charge in [-0.15, -0.1) is 0 Å². The van der Waals surface area contributed by atoms with Crippen LogP contribution in [-0.2, 0) is 6.54 Å². The van der Waals surface area contributed by atoms with Crippen molar-refractivity contribution in [3.63, 3.8) is 0 Å². The van der Waals surface area contributed by atoms with E-state index in [1.807, 2.05) is 38.9 Å². The summed E-state index contributed by atoms with van der Waals surface area (Å²) in [6.45, 7) is 8.30. The lowest BCUT2D eigenvalue weighted by atomic mass is 10.1. The van der Waals surface area contributed by atoms with E-state index in [2.05, 4.69) is 70.5 Å². The Balaban J connectivity index is 2.47. The summed E-state index contributed by atoms with van der Waals surface area (Å²) in [6, 6.07) is 0. The van der Waals surface area contributed by atoms with Crippen LogP contribution in [0.4, 0.5) is 0 Å². The molecule has 0 aliphatic carbocycles. The number of nitrogens with one attached hydrogen (secondary N) is 2. The van der Waals surface area contributed by atoms with E-state index in [-0.39, 0.29) is 0 Å². The third-order valence-electron chi connectivity index (χ3n) is 3.75. The van der Waals surface area contributed by atoms with Gasteiger partial charge in [0.05, 0.1) is 6.33 Å². The molecule has 0 radical (unpaired) electrons.